The minimum atomic E-state index is -0.242. The molecule has 0 aliphatic carbocycles. The highest BCUT2D eigenvalue weighted by Crippen LogP contribution is 2.21. The van der Waals surface area contributed by atoms with Gasteiger partial charge in [0.2, 0.25) is 5.91 Å². The first-order valence-corrected chi connectivity index (χ1v) is 8.63. The number of hydrogen-bond acceptors (Lipinski definition) is 4. The van der Waals surface area contributed by atoms with Gasteiger partial charge in [0.05, 0.1) is 5.75 Å². The van der Waals surface area contributed by atoms with Gasteiger partial charge in [0, 0.05) is 16.7 Å². The Kier molecular flexibility index (Phi) is 5.84. The second-order valence-corrected chi connectivity index (χ2v) is 6.62. The third kappa shape index (κ3) is 4.23. The highest BCUT2D eigenvalue weighted by molar-refractivity contribution is 9.10. The first-order valence-electron chi connectivity index (χ1n) is 6.85. The van der Waals surface area contributed by atoms with E-state index in [0.717, 1.165) is 22.1 Å². The molecular formula is C14H17BrN4O2S. The van der Waals surface area contributed by atoms with Crippen LogP contribution < -0.4 is 11.0 Å². The summed E-state index contributed by atoms with van der Waals surface area (Å²) < 4.78 is 2.51. The lowest BCUT2D eigenvalue weighted by Gasteiger charge is -2.08. The summed E-state index contributed by atoms with van der Waals surface area (Å²) >= 11 is 4.63. The lowest BCUT2D eigenvalue weighted by Crippen LogP contribution is -2.18. The average molecular weight is 385 g/mol. The standard InChI is InChI=1S/C14H17BrN4O2S/c1-3-6-19-13(21)17-18-14(19)22-8-12(20)16-11-5-4-10(15)7-9(11)2/h4-5,7H,3,6,8H2,1-2H3,(H,16,20)(H,17,21). The van der Waals surface area contributed by atoms with Crippen molar-refractivity contribution in [2.75, 3.05) is 11.1 Å². The molecule has 0 radical (unpaired) electrons. The Morgan fingerprint density at radius 3 is 2.95 bits per heavy atom. The maximum atomic E-state index is 12.0. The number of halogens is 1. The maximum absolute atomic E-state index is 12.0. The van der Waals surface area contributed by atoms with Crippen molar-refractivity contribution in [2.45, 2.75) is 32.0 Å². The molecule has 22 heavy (non-hydrogen) atoms. The number of anilines is 1. The molecule has 0 saturated heterocycles. The van der Waals surface area contributed by atoms with Gasteiger partial charge < -0.3 is 5.32 Å². The molecule has 0 fully saturated rings. The summed E-state index contributed by atoms with van der Waals surface area (Å²) in [4.78, 5) is 23.6. The topological polar surface area (TPSA) is 79.8 Å². The number of H-pyrrole nitrogens is 1. The minimum absolute atomic E-state index is 0.131. The fourth-order valence-electron chi connectivity index (χ4n) is 1.92. The maximum Gasteiger partial charge on any atom is 0.343 e. The van der Waals surface area contributed by atoms with Crippen molar-refractivity contribution in [3.8, 4) is 0 Å². The van der Waals surface area contributed by atoms with Crippen LogP contribution in [0.2, 0.25) is 0 Å². The van der Waals surface area contributed by atoms with Crippen LogP contribution in [0.15, 0.2) is 32.6 Å². The number of thioether (sulfide) groups is 1. The van der Waals surface area contributed by atoms with E-state index in [1.807, 2.05) is 32.0 Å². The second kappa shape index (κ2) is 7.64. The van der Waals surface area contributed by atoms with Crippen molar-refractivity contribution in [1.82, 2.24) is 14.8 Å². The van der Waals surface area contributed by atoms with Gasteiger partial charge in [-0.15, -0.1) is 5.10 Å². The number of benzene rings is 1. The summed E-state index contributed by atoms with van der Waals surface area (Å²) in [7, 11) is 0. The van der Waals surface area contributed by atoms with Crippen molar-refractivity contribution < 1.29 is 4.79 Å². The van der Waals surface area contributed by atoms with Crippen LogP contribution in [0.5, 0.6) is 0 Å². The molecule has 0 bridgehead atoms. The third-order valence-corrected chi connectivity index (χ3v) is 4.44. The Labute approximate surface area is 140 Å². The molecule has 0 aliphatic heterocycles. The number of aromatic nitrogens is 3. The molecule has 1 aromatic carbocycles. The quantitative estimate of drug-likeness (QED) is 0.750. The van der Waals surface area contributed by atoms with E-state index in [9.17, 15) is 9.59 Å². The van der Waals surface area contributed by atoms with Crippen LogP contribution in [0, 0.1) is 6.92 Å². The fraction of sp³-hybridized carbons (Fsp3) is 0.357. The SMILES string of the molecule is CCCn1c(SCC(=O)Nc2ccc(Br)cc2C)n[nH]c1=O. The predicted molar refractivity (Wildman–Crippen MR) is 91.4 cm³/mol. The molecule has 1 amide bonds. The molecule has 0 atom stereocenters. The van der Waals surface area contributed by atoms with E-state index < -0.39 is 0 Å². The molecule has 2 aromatic rings. The molecular weight excluding hydrogens is 368 g/mol. The van der Waals surface area contributed by atoms with Crippen molar-refractivity contribution >= 4 is 39.3 Å². The van der Waals surface area contributed by atoms with E-state index in [0.29, 0.717) is 11.7 Å². The van der Waals surface area contributed by atoms with Gasteiger partial charge in [-0.3, -0.25) is 9.36 Å². The monoisotopic (exact) mass is 384 g/mol. The number of hydrogen-bond donors (Lipinski definition) is 2. The average Bonchev–Trinajstić information content (AvgIpc) is 2.81. The largest absolute Gasteiger partial charge is 0.343 e. The second-order valence-electron chi connectivity index (χ2n) is 4.76. The van der Waals surface area contributed by atoms with Gasteiger partial charge in [-0.1, -0.05) is 34.6 Å². The van der Waals surface area contributed by atoms with Crippen molar-refractivity contribution in [3.63, 3.8) is 0 Å². The summed E-state index contributed by atoms with van der Waals surface area (Å²) in [5.74, 6) is 0.0673. The highest BCUT2D eigenvalue weighted by Gasteiger charge is 2.11. The van der Waals surface area contributed by atoms with Crippen molar-refractivity contribution in [3.05, 3.63) is 38.7 Å². The predicted octanol–water partition coefficient (Wildman–Crippen LogP) is 2.78. The smallest absolute Gasteiger partial charge is 0.325 e. The lowest BCUT2D eigenvalue weighted by atomic mass is 10.2. The zero-order chi connectivity index (χ0) is 16.1. The molecule has 0 unspecified atom stereocenters. The van der Waals surface area contributed by atoms with Crippen LogP contribution in [-0.2, 0) is 11.3 Å². The molecule has 0 spiro atoms. The first-order chi connectivity index (χ1) is 10.5. The molecule has 1 heterocycles. The number of aromatic amines is 1. The van der Waals surface area contributed by atoms with Crippen LogP contribution in [0.25, 0.3) is 0 Å². The molecule has 2 rings (SSSR count). The van der Waals surface area contributed by atoms with Crippen LogP contribution >= 0.6 is 27.7 Å². The van der Waals surface area contributed by atoms with Crippen LogP contribution in [0.1, 0.15) is 18.9 Å². The van der Waals surface area contributed by atoms with E-state index in [1.165, 1.54) is 11.8 Å². The van der Waals surface area contributed by atoms with E-state index in [1.54, 1.807) is 4.57 Å². The Morgan fingerprint density at radius 2 is 2.27 bits per heavy atom. The Morgan fingerprint density at radius 1 is 1.50 bits per heavy atom. The normalized spacial score (nSPS) is 10.7. The molecule has 118 valence electrons. The zero-order valence-corrected chi connectivity index (χ0v) is 14.8. The number of nitrogens with zero attached hydrogens (tertiary/aromatic N) is 2. The molecule has 1 aromatic heterocycles. The first kappa shape index (κ1) is 16.8. The van der Waals surface area contributed by atoms with E-state index >= 15 is 0 Å². The molecule has 0 saturated carbocycles. The van der Waals surface area contributed by atoms with Gasteiger partial charge in [-0.05, 0) is 37.1 Å². The summed E-state index contributed by atoms with van der Waals surface area (Å²) in [5.41, 5.74) is 1.52. The van der Waals surface area contributed by atoms with Crippen LogP contribution in [-0.4, -0.2) is 26.4 Å². The number of nitrogens with one attached hydrogen (secondary N) is 2. The Hall–Kier alpha value is -1.54. The number of amides is 1. The number of rotatable bonds is 6. The molecule has 6 nitrogen and oxygen atoms in total. The molecule has 8 heteroatoms. The fourth-order valence-corrected chi connectivity index (χ4v) is 3.17. The van der Waals surface area contributed by atoms with E-state index in [-0.39, 0.29) is 17.3 Å². The van der Waals surface area contributed by atoms with Gasteiger partial charge in [-0.25, -0.2) is 9.89 Å². The summed E-state index contributed by atoms with van der Waals surface area (Å²) in [6, 6.07) is 5.67. The molecule has 0 aliphatic rings. The third-order valence-electron chi connectivity index (χ3n) is 2.97. The van der Waals surface area contributed by atoms with Gasteiger partial charge in [-0.2, -0.15) is 0 Å². The van der Waals surface area contributed by atoms with Gasteiger partial charge >= 0.3 is 5.69 Å². The van der Waals surface area contributed by atoms with Gasteiger partial charge in [0.15, 0.2) is 5.16 Å². The number of carbonyl (C=O) groups is 1. The summed E-state index contributed by atoms with van der Waals surface area (Å²) in [5, 5.41) is 9.75. The highest BCUT2D eigenvalue weighted by atomic mass is 79.9. The van der Waals surface area contributed by atoms with Crippen LogP contribution in [0.3, 0.4) is 0 Å². The number of aryl methyl sites for hydroxylation is 1. The van der Waals surface area contributed by atoms with E-state index in [4.69, 9.17) is 0 Å². The Bertz CT molecular complexity index is 726. The van der Waals surface area contributed by atoms with Gasteiger partial charge in [0.25, 0.3) is 0 Å². The summed E-state index contributed by atoms with van der Waals surface area (Å²) in [6.45, 7) is 4.50. The lowest BCUT2D eigenvalue weighted by molar-refractivity contribution is -0.113. The van der Waals surface area contributed by atoms with Crippen LogP contribution in [0.4, 0.5) is 5.69 Å². The van der Waals surface area contributed by atoms with Crippen molar-refractivity contribution in [2.24, 2.45) is 0 Å². The molecule has 2 N–H and O–H groups in total. The van der Waals surface area contributed by atoms with Gasteiger partial charge in [0.1, 0.15) is 0 Å². The van der Waals surface area contributed by atoms with E-state index in [2.05, 4.69) is 31.4 Å². The van der Waals surface area contributed by atoms with Crippen molar-refractivity contribution in [1.29, 1.82) is 0 Å². The number of carbonyl (C=O) groups excluding carboxylic acids is 1. The zero-order valence-electron chi connectivity index (χ0n) is 12.4. The summed E-state index contributed by atoms with van der Waals surface area (Å²) in [6.07, 6.45) is 0.831. The minimum Gasteiger partial charge on any atom is -0.325 e. The Balaban J connectivity index is 1.97.